The van der Waals surface area contributed by atoms with Crippen molar-refractivity contribution in [1.82, 2.24) is 0 Å². The van der Waals surface area contributed by atoms with Crippen LogP contribution in [-0.2, 0) is 9.84 Å². The summed E-state index contributed by atoms with van der Waals surface area (Å²) in [5, 5.41) is 10.4. The number of rotatable bonds is 5. The molecule has 0 aliphatic rings. The van der Waals surface area contributed by atoms with Crippen LogP contribution in [0.3, 0.4) is 0 Å². The smallest absolute Gasteiger partial charge is 0.188 e. The van der Waals surface area contributed by atoms with Crippen molar-refractivity contribution in [2.24, 2.45) is 5.92 Å². The summed E-state index contributed by atoms with van der Waals surface area (Å²) >= 11 is 0. The van der Waals surface area contributed by atoms with E-state index >= 15 is 0 Å². The van der Waals surface area contributed by atoms with Crippen molar-refractivity contribution in [3.05, 3.63) is 0 Å². The summed E-state index contributed by atoms with van der Waals surface area (Å²) in [6.07, 6.45) is 1.34. The molecule has 0 rings (SSSR count). The molecule has 2 heteroatoms. The summed E-state index contributed by atoms with van der Waals surface area (Å²) in [5.74, 6) is 0.566. The maximum absolute atomic E-state index is 10.4. The van der Waals surface area contributed by atoms with Crippen LogP contribution in [0, 0.1) is 5.92 Å². The van der Waals surface area contributed by atoms with Gasteiger partial charge in [-0.2, -0.15) is 0 Å². The van der Waals surface area contributed by atoms with Gasteiger partial charge in [0.2, 0.25) is 0 Å². The van der Waals surface area contributed by atoms with Crippen LogP contribution in [0.4, 0.5) is 0 Å². The van der Waals surface area contributed by atoms with Crippen LogP contribution in [0.5, 0.6) is 0 Å². The summed E-state index contributed by atoms with van der Waals surface area (Å²) in [6.45, 7) is 6.39. The Bertz CT molecular complexity index is 67.7. The van der Waals surface area contributed by atoms with Crippen molar-refractivity contribution >= 4 is 0 Å². The zero-order chi connectivity index (χ0) is 7.98. The van der Waals surface area contributed by atoms with Gasteiger partial charge in [-0.05, 0) is 12.8 Å². The fraction of sp³-hybridized carbons (Fsp3) is 1.00. The van der Waals surface area contributed by atoms with Crippen LogP contribution >= 0.6 is 0 Å². The van der Waals surface area contributed by atoms with E-state index in [-0.39, 0.29) is 0 Å². The zero-order valence-electron chi connectivity index (χ0n) is 7.09. The minimum absolute atomic E-state index is 0.566. The summed E-state index contributed by atoms with van der Waals surface area (Å²) < 4.78 is 4.93. The molecule has 0 spiro atoms. The molecule has 0 aromatic heterocycles. The first-order chi connectivity index (χ1) is 4.70. The highest BCUT2D eigenvalue weighted by molar-refractivity contribution is 4.51. The van der Waals surface area contributed by atoms with Gasteiger partial charge in [0.1, 0.15) is 0 Å². The average Bonchev–Trinajstić information content (AvgIpc) is 1.90. The second kappa shape index (κ2) is 5.69. The molecule has 0 saturated heterocycles. The molecule has 0 N–H and O–H groups in total. The first-order valence-electron chi connectivity index (χ1n) is 3.98. The molecule has 1 radical (unpaired) electrons. The zero-order valence-corrected chi connectivity index (χ0v) is 7.09. The van der Waals surface area contributed by atoms with E-state index in [1.807, 2.05) is 0 Å². The van der Waals surface area contributed by atoms with Crippen molar-refractivity contribution in [2.75, 3.05) is 6.61 Å². The van der Waals surface area contributed by atoms with E-state index in [4.69, 9.17) is 4.74 Å². The quantitative estimate of drug-likeness (QED) is 0.545. The highest BCUT2D eigenvalue weighted by Crippen LogP contribution is 2.07. The van der Waals surface area contributed by atoms with Gasteiger partial charge in [-0.15, -0.1) is 0 Å². The van der Waals surface area contributed by atoms with Crippen molar-refractivity contribution in [3.8, 4) is 0 Å². The van der Waals surface area contributed by atoms with E-state index in [0.29, 0.717) is 12.5 Å². The molecule has 1 atom stereocenters. The Morgan fingerprint density at radius 2 is 1.80 bits per heavy atom. The van der Waals surface area contributed by atoms with E-state index in [9.17, 15) is 5.11 Å². The Hall–Kier alpha value is -0.0800. The Balaban J connectivity index is 3.26. The normalized spacial score (nSPS) is 14.1. The molecule has 61 valence electrons. The molecule has 0 aromatic rings. The van der Waals surface area contributed by atoms with Gasteiger partial charge in [0.25, 0.3) is 0 Å². The number of hydrogen-bond acceptors (Lipinski definition) is 1. The minimum Gasteiger partial charge on any atom is -0.350 e. The molecular formula is C8H17O2. The van der Waals surface area contributed by atoms with E-state index < -0.39 is 6.29 Å². The van der Waals surface area contributed by atoms with Gasteiger partial charge in [-0.3, -0.25) is 0 Å². The van der Waals surface area contributed by atoms with Gasteiger partial charge in [-0.25, -0.2) is 5.11 Å². The second-order valence-corrected chi connectivity index (χ2v) is 2.58. The van der Waals surface area contributed by atoms with Crippen LogP contribution in [0.1, 0.15) is 33.6 Å². The lowest BCUT2D eigenvalue weighted by Crippen LogP contribution is -2.13. The van der Waals surface area contributed by atoms with Gasteiger partial charge in [-0.1, -0.05) is 26.7 Å². The predicted molar refractivity (Wildman–Crippen MR) is 40.2 cm³/mol. The van der Waals surface area contributed by atoms with Crippen molar-refractivity contribution in [2.45, 2.75) is 39.9 Å². The van der Waals surface area contributed by atoms with E-state index in [1.54, 1.807) is 0 Å². The van der Waals surface area contributed by atoms with Gasteiger partial charge in [0.15, 0.2) is 6.29 Å². The first-order valence-corrected chi connectivity index (χ1v) is 3.98. The third-order valence-electron chi connectivity index (χ3n) is 1.72. The highest BCUT2D eigenvalue weighted by Gasteiger charge is 2.05. The summed E-state index contributed by atoms with van der Waals surface area (Å²) in [5.41, 5.74) is 0. The van der Waals surface area contributed by atoms with E-state index in [2.05, 4.69) is 13.8 Å². The van der Waals surface area contributed by atoms with Crippen molar-refractivity contribution in [3.63, 3.8) is 0 Å². The highest BCUT2D eigenvalue weighted by atomic mass is 16.6. The lowest BCUT2D eigenvalue weighted by atomic mass is 10.1. The first kappa shape index (κ1) is 9.92. The molecule has 1 unspecified atom stereocenters. The van der Waals surface area contributed by atoms with Gasteiger partial charge in [0, 0.05) is 0 Å². The lowest BCUT2D eigenvalue weighted by molar-refractivity contribution is -0.135. The Morgan fingerprint density at radius 1 is 1.30 bits per heavy atom. The number of hydrogen-bond donors (Lipinski definition) is 0. The molecule has 2 nitrogen and oxygen atoms in total. The summed E-state index contributed by atoms with van der Waals surface area (Å²) in [7, 11) is 0. The molecule has 0 aromatic carbocycles. The summed E-state index contributed by atoms with van der Waals surface area (Å²) in [4.78, 5) is 0. The predicted octanol–water partition coefficient (Wildman–Crippen LogP) is 2.22. The number of ether oxygens (including phenoxy) is 1. The van der Waals surface area contributed by atoms with Gasteiger partial charge in [0.05, 0.1) is 6.61 Å². The largest absolute Gasteiger partial charge is 0.350 e. The standard InChI is InChI=1S/C8H17O2/c1-4-8(5-2)6-10-7(3)9/h7-8H,4-6H2,1-3H3. The molecule has 0 bridgehead atoms. The Morgan fingerprint density at radius 3 is 2.10 bits per heavy atom. The van der Waals surface area contributed by atoms with Crippen LogP contribution < -0.4 is 0 Å². The van der Waals surface area contributed by atoms with Gasteiger partial charge >= 0.3 is 0 Å². The lowest BCUT2D eigenvalue weighted by Gasteiger charge is -2.12. The van der Waals surface area contributed by atoms with Crippen LogP contribution in [0.15, 0.2) is 0 Å². The average molecular weight is 145 g/mol. The molecule has 10 heavy (non-hydrogen) atoms. The second-order valence-electron chi connectivity index (χ2n) is 2.58. The summed E-state index contributed by atoms with van der Waals surface area (Å²) in [6, 6.07) is 0. The van der Waals surface area contributed by atoms with E-state index in [1.165, 1.54) is 6.92 Å². The molecular weight excluding hydrogens is 128 g/mol. The minimum atomic E-state index is -0.861. The fourth-order valence-electron chi connectivity index (χ4n) is 0.796. The maximum Gasteiger partial charge on any atom is 0.188 e. The van der Waals surface area contributed by atoms with Crippen LogP contribution in [-0.4, -0.2) is 12.9 Å². The SMILES string of the molecule is CCC(CC)COC(C)[O]. The molecule has 0 heterocycles. The fourth-order valence-corrected chi connectivity index (χ4v) is 0.796. The van der Waals surface area contributed by atoms with E-state index in [0.717, 1.165) is 12.8 Å². The third kappa shape index (κ3) is 4.77. The van der Waals surface area contributed by atoms with Crippen LogP contribution in [0.2, 0.25) is 0 Å². The van der Waals surface area contributed by atoms with Crippen LogP contribution in [0.25, 0.3) is 0 Å². The topological polar surface area (TPSA) is 29.1 Å². The third-order valence-corrected chi connectivity index (χ3v) is 1.72. The molecule has 0 fully saturated rings. The molecule has 0 aliphatic carbocycles. The molecule has 0 aliphatic heterocycles. The van der Waals surface area contributed by atoms with Crippen molar-refractivity contribution in [1.29, 1.82) is 0 Å². The van der Waals surface area contributed by atoms with Gasteiger partial charge < -0.3 is 4.74 Å². The molecule has 0 amide bonds. The Kier molecular flexibility index (Phi) is 5.64. The van der Waals surface area contributed by atoms with Crippen molar-refractivity contribution < 1.29 is 9.84 Å². The Labute approximate surface area is 63.2 Å². The monoisotopic (exact) mass is 145 g/mol. The maximum atomic E-state index is 10.4. The molecule has 0 saturated carbocycles.